The molecule has 2 fully saturated rings. The summed E-state index contributed by atoms with van der Waals surface area (Å²) in [6, 6.07) is 1.26. The van der Waals surface area contributed by atoms with Crippen molar-refractivity contribution in [3.63, 3.8) is 0 Å². The first-order chi connectivity index (χ1) is 6.68. The van der Waals surface area contributed by atoms with Gasteiger partial charge in [-0.3, -0.25) is 4.90 Å². The molecule has 0 aromatic carbocycles. The lowest BCUT2D eigenvalue weighted by Gasteiger charge is -2.42. The van der Waals surface area contributed by atoms with E-state index < -0.39 is 0 Å². The normalized spacial score (nSPS) is 32.1. The molecule has 0 amide bonds. The average molecular weight is 196 g/mol. The molecule has 2 rings (SSSR count). The molecule has 1 aliphatic carbocycles. The van der Waals surface area contributed by atoms with E-state index in [9.17, 15) is 0 Å². The molecule has 0 aromatic heterocycles. The third kappa shape index (κ3) is 1.96. The molecule has 2 N–H and O–H groups in total. The Labute approximate surface area is 87.8 Å². The van der Waals surface area contributed by atoms with Crippen LogP contribution in [0.15, 0.2) is 0 Å². The molecule has 1 heterocycles. The fourth-order valence-corrected chi connectivity index (χ4v) is 3.13. The van der Waals surface area contributed by atoms with Crippen LogP contribution in [0.25, 0.3) is 0 Å². The van der Waals surface area contributed by atoms with Gasteiger partial charge in [-0.2, -0.15) is 0 Å². The zero-order valence-electron chi connectivity index (χ0n) is 9.58. The second kappa shape index (κ2) is 4.19. The summed E-state index contributed by atoms with van der Waals surface area (Å²) in [5.41, 5.74) is 5.98. The first kappa shape index (κ1) is 10.4. The Bertz CT molecular complexity index is 187. The van der Waals surface area contributed by atoms with Gasteiger partial charge in [-0.1, -0.05) is 20.3 Å². The molecule has 82 valence electrons. The van der Waals surface area contributed by atoms with Crippen LogP contribution >= 0.6 is 0 Å². The molecule has 2 heteroatoms. The highest BCUT2D eigenvalue weighted by Gasteiger charge is 2.36. The fraction of sp³-hybridized carbons (Fsp3) is 1.00. The van der Waals surface area contributed by atoms with Crippen molar-refractivity contribution < 1.29 is 0 Å². The third-order valence-corrected chi connectivity index (χ3v) is 3.99. The van der Waals surface area contributed by atoms with Gasteiger partial charge in [-0.25, -0.2) is 0 Å². The first-order valence-electron chi connectivity index (χ1n) is 6.18. The fourth-order valence-electron chi connectivity index (χ4n) is 3.13. The summed E-state index contributed by atoms with van der Waals surface area (Å²) in [6.45, 7) is 7.11. The summed E-state index contributed by atoms with van der Waals surface area (Å²) in [5.74, 6) is 1.77. The first-order valence-corrected chi connectivity index (χ1v) is 6.18. The van der Waals surface area contributed by atoms with Crippen LogP contribution in [0.5, 0.6) is 0 Å². The summed E-state index contributed by atoms with van der Waals surface area (Å²) >= 11 is 0. The predicted molar refractivity (Wildman–Crippen MR) is 60.1 cm³/mol. The van der Waals surface area contributed by atoms with Crippen LogP contribution in [0.3, 0.4) is 0 Å². The Morgan fingerprint density at radius 3 is 2.29 bits per heavy atom. The highest BCUT2D eigenvalue weighted by molar-refractivity contribution is 4.91. The van der Waals surface area contributed by atoms with E-state index in [2.05, 4.69) is 18.7 Å². The van der Waals surface area contributed by atoms with Gasteiger partial charge in [0.15, 0.2) is 0 Å². The van der Waals surface area contributed by atoms with Gasteiger partial charge in [0.1, 0.15) is 0 Å². The number of rotatable bonds is 3. The summed E-state index contributed by atoms with van der Waals surface area (Å²) in [5, 5.41) is 0. The van der Waals surface area contributed by atoms with Crippen LogP contribution in [0.1, 0.15) is 39.5 Å². The SMILES string of the molecule is CC(C)C(C1CCC1)N1CCC(N)C1. The molecular weight excluding hydrogens is 172 g/mol. The standard InChI is InChI=1S/C12H24N2/c1-9(2)12(10-4-3-5-10)14-7-6-11(13)8-14/h9-12H,3-8,13H2,1-2H3. The van der Waals surface area contributed by atoms with Crippen molar-refractivity contribution in [1.82, 2.24) is 4.90 Å². The van der Waals surface area contributed by atoms with Gasteiger partial charge in [0.25, 0.3) is 0 Å². The maximum absolute atomic E-state index is 5.98. The molecule has 1 saturated carbocycles. The maximum atomic E-state index is 5.98. The number of nitrogens with zero attached hydrogens (tertiary/aromatic N) is 1. The molecule has 0 bridgehead atoms. The quantitative estimate of drug-likeness (QED) is 0.746. The number of likely N-dealkylation sites (tertiary alicyclic amines) is 1. The van der Waals surface area contributed by atoms with Crippen LogP contribution in [0.4, 0.5) is 0 Å². The van der Waals surface area contributed by atoms with Gasteiger partial charge in [0.2, 0.25) is 0 Å². The van der Waals surface area contributed by atoms with Gasteiger partial charge >= 0.3 is 0 Å². The topological polar surface area (TPSA) is 29.3 Å². The van der Waals surface area contributed by atoms with Gasteiger partial charge in [0.05, 0.1) is 0 Å². The highest BCUT2D eigenvalue weighted by Crippen LogP contribution is 2.36. The zero-order chi connectivity index (χ0) is 10.1. The van der Waals surface area contributed by atoms with Crippen molar-refractivity contribution in [2.45, 2.75) is 51.6 Å². The maximum Gasteiger partial charge on any atom is 0.0180 e. The van der Waals surface area contributed by atoms with Crippen LogP contribution in [-0.2, 0) is 0 Å². The van der Waals surface area contributed by atoms with Crippen LogP contribution in [0, 0.1) is 11.8 Å². The van der Waals surface area contributed by atoms with E-state index in [0.29, 0.717) is 6.04 Å². The Morgan fingerprint density at radius 2 is 1.93 bits per heavy atom. The van der Waals surface area contributed by atoms with Crippen molar-refractivity contribution in [3.8, 4) is 0 Å². The lowest BCUT2D eigenvalue weighted by Crippen LogP contribution is -2.46. The number of nitrogens with two attached hydrogens (primary N) is 1. The molecule has 14 heavy (non-hydrogen) atoms. The minimum atomic E-state index is 0.441. The minimum Gasteiger partial charge on any atom is -0.326 e. The summed E-state index contributed by atoms with van der Waals surface area (Å²) in [6.07, 6.45) is 5.56. The molecule has 0 aromatic rings. The molecule has 2 aliphatic rings. The lowest BCUT2D eigenvalue weighted by atomic mass is 9.75. The van der Waals surface area contributed by atoms with E-state index in [1.54, 1.807) is 0 Å². The molecule has 0 spiro atoms. The largest absolute Gasteiger partial charge is 0.326 e. The van der Waals surface area contributed by atoms with E-state index in [0.717, 1.165) is 24.4 Å². The van der Waals surface area contributed by atoms with Crippen LogP contribution in [-0.4, -0.2) is 30.1 Å². The van der Waals surface area contributed by atoms with Crippen molar-refractivity contribution in [1.29, 1.82) is 0 Å². The molecular formula is C12H24N2. The van der Waals surface area contributed by atoms with Crippen LogP contribution in [0.2, 0.25) is 0 Å². The zero-order valence-corrected chi connectivity index (χ0v) is 9.58. The lowest BCUT2D eigenvalue weighted by molar-refractivity contribution is 0.0803. The summed E-state index contributed by atoms with van der Waals surface area (Å²) < 4.78 is 0. The monoisotopic (exact) mass is 196 g/mol. The van der Waals surface area contributed by atoms with Gasteiger partial charge < -0.3 is 5.73 Å². The second-order valence-corrected chi connectivity index (χ2v) is 5.47. The molecule has 2 unspecified atom stereocenters. The smallest absolute Gasteiger partial charge is 0.0180 e. The van der Waals surface area contributed by atoms with Crippen molar-refractivity contribution >= 4 is 0 Å². The van der Waals surface area contributed by atoms with Crippen molar-refractivity contribution in [2.24, 2.45) is 17.6 Å². The van der Waals surface area contributed by atoms with E-state index in [-0.39, 0.29) is 0 Å². The predicted octanol–water partition coefficient (Wildman–Crippen LogP) is 1.84. The van der Waals surface area contributed by atoms with Gasteiger partial charge in [-0.15, -0.1) is 0 Å². The molecule has 2 atom stereocenters. The number of hydrogen-bond acceptors (Lipinski definition) is 2. The summed E-state index contributed by atoms with van der Waals surface area (Å²) in [4.78, 5) is 2.65. The highest BCUT2D eigenvalue weighted by atomic mass is 15.2. The Morgan fingerprint density at radius 1 is 1.21 bits per heavy atom. The average Bonchev–Trinajstić information content (AvgIpc) is 2.42. The Hall–Kier alpha value is -0.0800. The number of hydrogen-bond donors (Lipinski definition) is 1. The van der Waals surface area contributed by atoms with Gasteiger partial charge in [-0.05, 0) is 31.1 Å². The van der Waals surface area contributed by atoms with E-state index >= 15 is 0 Å². The molecule has 0 radical (unpaired) electrons. The van der Waals surface area contributed by atoms with Crippen molar-refractivity contribution in [3.05, 3.63) is 0 Å². The van der Waals surface area contributed by atoms with Gasteiger partial charge in [0, 0.05) is 25.2 Å². The minimum absolute atomic E-state index is 0.441. The summed E-state index contributed by atoms with van der Waals surface area (Å²) in [7, 11) is 0. The van der Waals surface area contributed by atoms with E-state index in [1.165, 1.54) is 32.2 Å². The molecule has 1 saturated heterocycles. The van der Waals surface area contributed by atoms with E-state index in [4.69, 9.17) is 5.73 Å². The molecule has 2 nitrogen and oxygen atoms in total. The molecule has 1 aliphatic heterocycles. The third-order valence-electron chi connectivity index (χ3n) is 3.99. The Balaban J connectivity index is 1.95. The Kier molecular flexibility index (Phi) is 3.13. The van der Waals surface area contributed by atoms with Crippen molar-refractivity contribution in [2.75, 3.05) is 13.1 Å². The van der Waals surface area contributed by atoms with E-state index in [1.807, 2.05) is 0 Å². The second-order valence-electron chi connectivity index (χ2n) is 5.47. The van der Waals surface area contributed by atoms with Crippen LogP contribution < -0.4 is 5.73 Å².